The number of nitrogens with two attached hydrogens (primary N) is 1. The molecule has 1 unspecified atom stereocenters. The van der Waals surface area contributed by atoms with Gasteiger partial charge < -0.3 is 15.5 Å². The highest BCUT2D eigenvalue weighted by Gasteiger charge is 2.26. The van der Waals surface area contributed by atoms with Crippen LogP contribution < -0.4 is 11.1 Å². The molecule has 0 aliphatic rings. The summed E-state index contributed by atoms with van der Waals surface area (Å²) < 4.78 is 7.22. The van der Waals surface area contributed by atoms with Crippen molar-refractivity contribution in [1.82, 2.24) is 14.8 Å². The van der Waals surface area contributed by atoms with Crippen LogP contribution in [0.5, 0.6) is 0 Å². The number of anilines is 1. The third-order valence-electron chi connectivity index (χ3n) is 4.65. The van der Waals surface area contributed by atoms with Crippen LogP contribution in [-0.4, -0.2) is 26.6 Å². The Labute approximate surface area is 188 Å². The van der Waals surface area contributed by atoms with E-state index < -0.39 is 11.2 Å². The fraction of sp³-hybridized carbons (Fsp3) is 0.130. The van der Waals surface area contributed by atoms with Gasteiger partial charge in [0.25, 0.3) is 0 Å². The Morgan fingerprint density at radius 2 is 1.72 bits per heavy atom. The molecule has 0 spiro atoms. The molecule has 3 N–H and O–H groups in total. The van der Waals surface area contributed by atoms with Crippen LogP contribution in [-0.2, 0) is 16.1 Å². The summed E-state index contributed by atoms with van der Waals surface area (Å²) in [6.07, 6.45) is 1.64. The Bertz CT molecular complexity index is 1180. The molecule has 9 heteroatoms. The smallest absolute Gasteiger partial charge is 0.242 e. The molecule has 0 aliphatic carbocycles. The second-order valence-corrected chi connectivity index (χ2v) is 7.99. The molecule has 0 fully saturated rings. The molecule has 2 amide bonds. The standard InChI is InChI=1S/C23H21N5O3S/c24-19(29)13-14-28-21(18-12-7-15-31-18)26-27-23(28)32-20(16-8-3-1-4-9-16)22(30)25-17-10-5-2-6-11-17/h1-12,15,20H,13-14H2,(H2,24,29)(H,25,30). The van der Waals surface area contributed by atoms with E-state index in [1.807, 2.05) is 60.7 Å². The second-order valence-electron chi connectivity index (χ2n) is 6.92. The highest BCUT2D eigenvalue weighted by atomic mass is 32.2. The number of rotatable bonds is 9. The molecular weight excluding hydrogens is 426 g/mol. The van der Waals surface area contributed by atoms with Gasteiger partial charge in [-0.15, -0.1) is 10.2 Å². The van der Waals surface area contributed by atoms with Crippen molar-refractivity contribution in [2.45, 2.75) is 23.4 Å². The predicted octanol–water partition coefficient (Wildman–Crippen LogP) is 3.89. The van der Waals surface area contributed by atoms with E-state index in [1.54, 1.807) is 16.7 Å². The summed E-state index contributed by atoms with van der Waals surface area (Å²) in [7, 11) is 0. The van der Waals surface area contributed by atoms with Gasteiger partial charge in [-0.2, -0.15) is 0 Å². The average molecular weight is 448 g/mol. The Morgan fingerprint density at radius 3 is 2.38 bits per heavy atom. The van der Waals surface area contributed by atoms with E-state index in [0.29, 0.717) is 22.4 Å². The summed E-state index contributed by atoms with van der Waals surface area (Å²) in [5.41, 5.74) is 6.88. The molecule has 0 radical (unpaired) electrons. The maximum absolute atomic E-state index is 13.2. The van der Waals surface area contributed by atoms with Gasteiger partial charge >= 0.3 is 0 Å². The molecule has 4 aromatic rings. The number of nitrogens with zero attached hydrogens (tertiary/aromatic N) is 3. The van der Waals surface area contributed by atoms with Crippen molar-refractivity contribution >= 4 is 29.3 Å². The van der Waals surface area contributed by atoms with Crippen molar-refractivity contribution < 1.29 is 14.0 Å². The van der Waals surface area contributed by atoms with Gasteiger partial charge in [0.05, 0.1) is 6.26 Å². The Balaban J connectivity index is 1.67. The van der Waals surface area contributed by atoms with Crippen LogP contribution >= 0.6 is 11.8 Å². The van der Waals surface area contributed by atoms with Crippen LogP contribution in [0.15, 0.2) is 88.6 Å². The molecule has 2 aromatic heterocycles. The first kappa shape index (κ1) is 21.4. The zero-order valence-corrected chi connectivity index (χ0v) is 17.9. The first-order valence-electron chi connectivity index (χ1n) is 9.94. The molecule has 2 aromatic carbocycles. The Kier molecular flexibility index (Phi) is 6.66. The van der Waals surface area contributed by atoms with Gasteiger partial charge in [0.2, 0.25) is 11.8 Å². The van der Waals surface area contributed by atoms with Crippen molar-refractivity contribution in [3.8, 4) is 11.6 Å². The number of primary amides is 1. The van der Waals surface area contributed by atoms with Crippen molar-refractivity contribution in [3.05, 3.63) is 84.6 Å². The molecule has 8 nitrogen and oxygen atoms in total. The van der Waals surface area contributed by atoms with Crippen molar-refractivity contribution in [3.63, 3.8) is 0 Å². The monoisotopic (exact) mass is 447 g/mol. The SMILES string of the molecule is NC(=O)CCn1c(SC(C(=O)Nc2ccccc2)c2ccccc2)nnc1-c1ccco1. The van der Waals surface area contributed by atoms with Gasteiger partial charge in [-0.25, -0.2) is 0 Å². The molecule has 1 atom stereocenters. The highest BCUT2D eigenvalue weighted by Crippen LogP contribution is 2.37. The third kappa shape index (κ3) is 5.06. The minimum Gasteiger partial charge on any atom is -0.461 e. The lowest BCUT2D eigenvalue weighted by Crippen LogP contribution is -2.20. The van der Waals surface area contributed by atoms with Gasteiger partial charge in [-0.1, -0.05) is 60.3 Å². The van der Waals surface area contributed by atoms with Crippen LogP contribution in [0.4, 0.5) is 5.69 Å². The largest absolute Gasteiger partial charge is 0.461 e. The fourth-order valence-corrected chi connectivity index (χ4v) is 4.19. The van der Waals surface area contributed by atoms with E-state index in [9.17, 15) is 9.59 Å². The fourth-order valence-electron chi connectivity index (χ4n) is 3.12. The molecule has 4 rings (SSSR count). The maximum Gasteiger partial charge on any atom is 0.242 e. The number of aromatic nitrogens is 3. The molecule has 32 heavy (non-hydrogen) atoms. The quantitative estimate of drug-likeness (QED) is 0.376. The van der Waals surface area contributed by atoms with Crippen LogP contribution in [0.2, 0.25) is 0 Å². The Morgan fingerprint density at radius 1 is 1.00 bits per heavy atom. The molecule has 0 saturated carbocycles. The molecule has 0 aliphatic heterocycles. The van der Waals surface area contributed by atoms with E-state index in [2.05, 4.69) is 15.5 Å². The molecule has 162 valence electrons. The topological polar surface area (TPSA) is 116 Å². The second kappa shape index (κ2) is 9.97. The predicted molar refractivity (Wildman–Crippen MR) is 122 cm³/mol. The Hall–Kier alpha value is -3.85. The van der Waals surface area contributed by atoms with Crippen molar-refractivity contribution in [2.24, 2.45) is 5.73 Å². The number of benzene rings is 2. The summed E-state index contributed by atoms with van der Waals surface area (Å²) in [6.45, 7) is 0.266. The zero-order valence-electron chi connectivity index (χ0n) is 17.0. The van der Waals surface area contributed by atoms with Crippen LogP contribution in [0.25, 0.3) is 11.6 Å². The van der Waals surface area contributed by atoms with Gasteiger partial charge in [0, 0.05) is 18.7 Å². The number of furan rings is 1. The maximum atomic E-state index is 13.2. The van der Waals surface area contributed by atoms with Crippen LogP contribution in [0.1, 0.15) is 17.2 Å². The summed E-state index contributed by atoms with van der Waals surface area (Å²) in [4.78, 5) is 24.7. The minimum atomic E-state index is -0.600. The lowest BCUT2D eigenvalue weighted by atomic mass is 10.1. The first-order chi connectivity index (χ1) is 15.6. The summed E-state index contributed by atoms with van der Waals surface area (Å²) in [6, 6.07) is 22.2. The minimum absolute atomic E-state index is 0.103. The lowest BCUT2D eigenvalue weighted by Gasteiger charge is -2.17. The van der Waals surface area contributed by atoms with Crippen molar-refractivity contribution in [2.75, 3.05) is 5.32 Å². The summed E-state index contributed by atoms with van der Waals surface area (Å²) in [5, 5.41) is 11.4. The average Bonchev–Trinajstić information content (AvgIpc) is 3.47. The molecule has 2 heterocycles. The van der Waals surface area contributed by atoms with Gasteiger partial charge in [-0.05, 0) is 29.8 Å². The number of para-hydroxylation sites is 1. The van der Waals surface area contributed by atoms with E-state index in [-0.39, 0.29) is 18.9 Å². The number of nitrogens with one attached hydrogen (secondary N) is 1. The zero-order chi connectivity index (χ0) is 22.3. The number of thioether (sulfide) groups is 1. The number of hydrogen-bond acceptors (Lipinski definition) is 6. The number of carbonyl (C=O) groups is 2. The van der Waals surface area contributed by atoms with E-state index in [0.717, 1.165) is 5.56 Å². The molecular formula is C23H21N5O3S. The van der Waals surface area contributed by atoms with Gasteiger partial charge in [-0.3, -0.25) is 14.2 Å². The molecule has 0 saturated heterocycles. The number of hydrogen-bond donors (Lipinski definition) is 2. The van der Waals surface area contributed by atoms with Crippen molar-refractivity contribution in [1.29, 1.82) is 0 Å². The van der Waals surface area contributed by atoms with Gasteiger partial charge in [0.15, 0.2) is 16.7 Å². The van der Waals surface area contributed by atoms with Gasteiger partial charge in [0.1, 0.15) is 5.25 Å². The molecule has 0 bridgehead atoms. The summed E-state index contributed by atoms with van der Waals surface area (Å²) >= 11 is 1.25. The van der Waals surface area contributed by atoms with E-state index in [1.165, 1.54) is 18.0 Å². The van der Waals surface area contributed by atoms with Crippen LogP contribution in [0.3, 0.4) is 0 Å². The normalized spacial score (nSPS) is 11.8. The summed E-state index contributed by atoms with van der Waals surface area (Å²) in [5.74, 6) is 0.339. The van der Waals surface area contributed by atoms with Crippen LogP contribution in [0, 0.1) is 0 Å². The number of carbonyl (C=O) groups excluding carboxylic acids is 2. The van der Waals surface area contributed by atoms with E-state index >= 15 is 0 Å². The first-order valence-corrected chi connectivity index (χ1v) is 10.8. The highest BCUT2D eigenvalue weighted by molar-refractivity contribution is 8.00. The lowest BCUT2D eigenvalue weighted by molar-refractivity contribution is -0.118. The number of amides is 2. The third-order valence-corrected chi connectivity index (χ3v) is 5.88. The van der Waals surface area contributed by atoms with E-state index in [4.69, 9.17) is 10.2 Å².